The zero-order chi connectivity index (χ0) is 45.0. The van der Waals surface area contributed by atoms with Crippen molar-refractivity contribution in [3.8, 4) is 12.1 Å². The minimum Gasteiger partial charge on any atom is -0.353 e. The molecule has 348 valence electrons. The van der Waals surface area contributed by atoms with E-state index in [0.29, 0.717) is 77.9 Å². The van der Waals surface area contributed by atoms with E-state index in [4.69, 9.17) is 22.1 Å². The third-order valence-corrected chi connectivity index (χ3v) is 10.9. The van der Waals surface area contributed by atoms with Crippen molar-refractivity contribution in [2.24, 2.45) is 0 Å². The van der Waals surface area contributed by atoms with Gasteiger partial charge in [0.1, 0.15) is 46.4 Å². The van der Waals surface area contributed by atoms with Crippen LogP contribution in [0.25, 0.3) is 21.8 Å². The van der Waals surface area contributed by atoms with Crippen molar-refractivity contribution in [2.75, 3.05) is 31.1 Å². The molecule has 8 rings (SSSR count). The number of benzene rings is 2. The van der Waals surface area contributed by atoms with Crippen LogP contribution in [0.15, 0.2) is 82.6 Å². The Morgan fingerprint density at radius 3 is 1.70 bits per heavy atom. The second kappa shape index (κ2) is 25.5. The van der Waals surface area contributed by atoms with E-state index in [1.54, 1.807) is 24.4 Å². The number of aromatic nitrogens is 6. The normalized spacial score (nSPS) is 15.2. The summed E-state index contributed by atoms with van der Waals surface area (Å²) >= 11 is 5.45. The topological polar surface area (TPSA) is 209 Å². The number of nitrogens with zero attached hydrogens (tertiary/aromatic N) is 9. The number of hydrogen-bond acceptors (Lipinski definition) is 11. The van der Waals surface area contributed by atoms with E-state index in [1.807, 2.05) is 28.9 Å². The molecule has 21 heteroatoms. The number of rotatable bonds is 7. The molecule has 0 aliphatic carbocycles. The Kier molecular flexibility index (Phi) is 21.0. The Morgan fingerprint density at radius 1 is 0.727 bits per heavy atom. The standard InChI is InChI=1S/C22H21FN6O2.C17H20FN3O2.C6H3ClN2.ClH.2H2S/c1-14-13-28(20-6-2-15(11-24)12-25-20)8-9-29(14)21(30)7-5-19-26-18-4-3-16(23)10-17(18)22(31)27-19;1-11-4-2-3-9-21(11)16(22)8-7-15-19-14-6-5-12(18)10-13(14)17(23)20-15;7-6-2-1-5(3-8)4-9-6;;;/h2-4,6,10,12,14H,5,7-9,13H2,1H3,(H,26,27,31);5-6,10-11H,2-4,7-9H2,1H3,(H,19,20,23);1-2,4H;1H;2*1H2/t14-;11-;;;;/m00..../s1. The number of aromatic amines is 2. The van der Waals surface area contributed by atoms with Gasteiger partial charge in [0.05, 0.1) is 32.9 Å². The number of hydrogen-bond donors (Lipinski definition) is 2. The monoisotopic (exact) mass is 979 g/mol. The Balaban J connectivity index is 0.000000291. The summed E-state index contributed by atoms with van der Waals surface area (Å²) < 4.78 is 26.5. The van der Waals surface area contributed by atoms with Crippen molar-refractivity contribution in [3.63, 3.8) is 0 Å². The number of pyridine rings is 2. The molecule has 15 nitrogen and oxygen atoms in total. The van der Waals surface area contributed by atoms with Crippen LogP contribution in [0.4, 0.5) is 14.6 Å². The molecule has 0 radical (unpaired) electrons. The van der Waals surface area contributed by atoms with Gasteiger partial charge in [-0.15, -0.1) is 12.4 Å². The van der Waals surface area contributed by atoms with Gasteiger partial charge in [-0.1, -0.05) is 11.6 Å². The van der Waals surface area contributed by atoms with Crippen molar-refractivity contribution in [2.45, 2.75) is 70.9 Å². The second-order valence-electron chi connectivity index (χ2n) is 15.2. The smallest absolute Gasteiger partial charge is 0.258 e. The first-order valence-corrected chi connectivity index (χ1v) is 20.8. The molecule has 2 aliphatic heterocycles. The van der Waals surface area contributed by atoms with Crippen LogP contribution < -0.4 is 16.0 Å². The first-order valence-electron chi connectivity index (χ1n) is 20.4. The zero-order valence-corrected chi connectivity index (χ0v) is 39.6. The van der Waals surface area contributed by atoms with Crippen LogP contribution in [0, 0.1) is 34.3 Å². The number of piperazine rings is 1. The van der Waals surface area contributed by atoms with E-state index in [0.717, 1.165) is 31.3 Å². The fourth-order valence-electron chi connectivity index (χ4n) is 7.38. The molecular weight excluding hydrogens is 932 g/mol. The molecule has 6 aromatic rings. The molecule has 2 aliphatic rings. The van der Waals surface area contributed by atoms with Crippen LogP contribution in [0.1, 0.15) is 68.7 Å². The van der Waals surface area contributed by atoms with Gasteiger partial charge < -0.3 is 24.7 Å². The highest BCUT2D eigenvalue weighted by molar-refractivity contribution is 7.59. The van der Waals surface area contributed by atoms with E-state index >= 15 is 0 Å². The number of fused-ring (bicyclic) bond motifs is 2. The van der Waals surface area contributed by atoms with Crippen LogP contribution >= 0.6 is 51.0 Å². The van der Waals surface area contributed by atoms with E-state index in [9.17, 15) is 28.0 Å². The molecule has 2 saturated heterocycles. The van der Waals surface area contributed by atoms with E-state index in [-0.39, 0.29) is 86.0 Å². The second-order valence-corrected chi connectivity index (χ2v) is 15.5. The largest absolute Gasteiger partial charge is 0.353 e. The molecule has 2 fully saturated rings. The minimum absolute atomic E-state index is 0. The molecular formula is C45H49Cl2F2N11O4S2. The van der Waals surface area contributed by atoms with E-state index in [1.165, 1.54) is 42.9 Å². The summed E-state index contributed by atoms with van der Waals surface area (Å²) in [5, 5.41) is 18.0. The van der Waals surface area contributed by atoms with Crippen LogP contribution in [0.2, 0.25) is 5.15 Å². The first-order chi connectivity index (χ1) is 30.3. The summed E-state index contributed by atoms with van der Waals surface area (Å²) in [6, 6.07) is 18.8. The lowest BCUT2D eigenvalue weighted by molar-refractivity contribution is -0.134. The van der Waals surface area contributed by atoms with Gasteiger partial charge in [0.25, 0.3) is 11.1 Å². The number of likely N-dealkylation sites (tertiary alicyclic amines) is 1. The average molecular weight is 981 g/mol. The number of nitrogens with one attached hydrogen (secondary N) is 2. The maximum atomic E-state index is 13.3. The number of halogens is 4. The molecule has 0 unspecified atom stereocenters. The molecule has 4 aromatic heterocycles. The third-order valence-electron chi connectivity index (χ3n) is 10.7. The highest BCUT2D eigenvalue weighted by atomic mass is 35.5. The van der Waals surface area contributed by atoms with Crippen LogP contribution in [-0.2, 0) is 22.4 Å². The van der Waals surface area contributed by atoms with Gasteiger partial charge in [0.2, 0.25) is 11.8 Å². The number of nitriles is 2. The molecule has 6 heterocycles. The number of amides is 2. The van der Waals surface area contributed by atoms with Crippen LogP contribution in [0.5, 0.6) is 0 Å². The molecule has 66 heavy (non-hydrogen) atoms. The lowest BCUT2D eigenvalue weighted by Crippen LogP contribution is -2.54. The first kappa shape index (κ1) is 54.2. The molecule has 0 bridgehead atoms. The Hall–Kier alpha value is -6.12. The lowest BCUT2D eigenvalue weighted by atomic mass is 10.0. The van der Waals surface area contributed by atoms with Crippen LogP contribution in [-0.4, -0.2) is 89.8 Å². The maximum Gasteiger partial charge on any atom is 0.258 e. The van der Waals surface area contributed by atoms with Gasteiger partial charge in [-0.3, -0.25) is 19.2 Å². The van der Waals surface area contributed by atoms with Crippen molar-refractivity contribution in [1.82, 2.24) is 39.7 Å². The summed E-state index contributed by atoms with van der Waals surface area (Å²) in [4.78, 5) is 77.1. The van der Waals surface area contributed by atoms with E-state index in [2.05, 4.69) is 47.8 Å². The van der Waals surface area contributed by atoms with Gasteiger partial charge >= 0.3 is 0 Å². The number of piperidine rings is 1. The zero-order valence-electron chi connectivity index (χ0n) is 36.1. The summed E-state index contributed by atoms with van der Waals surface area (Å²) in [6.45, 7) is 6.70. The average Bonchev–Trinajstić information content (AvgIpc) is 3.29. The molecule has 2 N–H and O–H groups in total. The highest BCUT2D eigenvalue weighted by Crippen LogP contribution is 2.20. The number of H-pyrrole nitrogens is 2. The minimum atomic E-state index is -0.493. The van der Waals surface area contributed by atoms with Gasteiger partial charge in [-0.25, -0.2) is 28.7 Å². The van der Waals surface area contributed by atoms with Crippen molar-refractivity contribution in [3.05, 3.63) is 133 Å². The molecule has 2 aromatic carbocycles. The molecule has 2 amide bonds. The summed E-state index contributed by atoms with van der Waals surface area (Å²) in [7, 11) is 0. The highest BCUT2D eigenvalue weighted by Gasteiger charge is 2.28. The van der Waals surface area contributed by atoms with Crippen LogP contribution in [0.3, 0.4) is 0 Å². The molecule has 0 spiro atoms. The lowest BCUT2D eigenvalue weighted by Gasteiger charge is -2.40. The van der Waals surface area contributed by atoms with Crippen molar-refractivity contribution in [1.29, 1.82) is 10.5 Å². The van der Waals surface area contributed by atoms with Gasteiger partial charge in [0.15, 0.2) is 0 Å². The van der Waals surface area contributed by atoms with Crippen molar-refractivity contribution >= 4 is 90.4 Å². The number of carbonyl (C=O) groups is 2. The fourth-order valence-corrected chi connectivity index (χ4v) is 7.49. The summed E-state index contributed by atoms with van der Waals surface area (Å²) in [5.74, 6) is 0.782. The predicted octanol–water partition coefficient (Wildman–Crippen LogP) is 6.65. The Bertz CT molecular complexity index is 2810. The number of anilines is 1. The SMILES string of the molecule is C[C@H]1CCCCN1C(=O)CCc1nc2ccc(F)cc2c(=O)[nH]1.C[C@H]1CN(c2ccc(C#N)cn2)CCN1C(=O)CCc1nc2ccc(F)cc2c(=O)[nH]1.Cl.N#Cc1ccc(Cl)nc1.S.S. The van der Waals surface area contributed by atoms with Gasteiger partial charge in [-0.2, -0.15) is 37.5 Å². The van der Waals surface area contributed by atoms with Crippen molar-refractivity contribution < 1.29 is 18.4 Å². The number of aryl methyl sites for hydroxylation is 2. The van der Waals surface area contributed by atoms with Gasteiger partial charge in [0, 0.05) is 76.3 Å². The summed E-state index contributed by atoms with van der Waals surface area (Å²) in [6.07, 6.45) is 7.45. The van der Waals surface area contributed by atoms with Gasteiger partial charge in [-0.05, 0) is 93.8 Å². The molecule has 2 atom stereocenters. The third kappa shape index (κ3) is 14.4. The quantitative estimate of drug-likeness (QED) is 0.162. The number of carbonyl (C=O) groups excluding carboxylic acids is 2. The Labute approximate surface area is 404 Å². The fraction of sp³-hybridized carbons (Fsp3) is 0.333. The Morgan fingerprint density at radius 2 is 1.24 bits per heavy atom. The maximum absolute atomic E-state index is 13.3. The predicted molar refractivity (Wildman–Crippen MR) is 261 cm³/mol. The summed E-state index contributed by atoms with van der Waals surface area (Å²) in [5.41, 5.74) is 1.11. The molecule has 0 saturated carbocycles. The van der Waals surface area contributed by atoms with E-state index < -0.39 is 17.2 Å².